The number of rotatable bonds is 5. The van der Waals surface area contributed by atoms with Crippen LogP contribution in [0.25, 0.3) is 11.3 Å². The van der Waals surface area contributed by atoms with Gasteiger partial charge < -0.3 is 15.4 Å². The molecule has 2 aliphatic heterocycles. The molecule has 1 saturated heterocycles. The van der Waals surface area contributed by atoms with E-state index >= 15 is 0 Å². The third kappa shape index (κ3) is 5.02. The lowest BCUT2D eigenvalue weighted by molar-refractivity contribution is 0.0633. The average Bonchev–Trinajstić information content (AvgIpc) is 2.87. The Labute approximate surface area is 204 Å². The molecule has 3 N–H and O–H groups in total. The number of benzene rings is 2. The number of likely N-dealkylation sites (tertiary alicyclic amines) is 1. The van der Waals surface area contributed by atoms with E-state index < -0.39 is 11.2 Å². The van der Waals surface area contributed by atoms with Gasteiger partial charge in [-0.05, 0) is 49.2 Å². The van der Waals surface area contributed by atoms with Crippen LogP contribution in [-0.2, 0) is 11.2 Å². The molecule has 3 heterocycles. The zero-order valence-electron chi connectivity index (χ0n) is 18.8. The van der Waals surface area contributed by atoms with E-state index in [1.54, 1.807) is 48.7 Å². The number of nitrogens with one attached hydrogen (secondary N) is 1. The van der Waals surface area contributed by atoms with Crippen molar-refractivity contribution < 1.29 is 18.1 Å². The summed E-state index contributed by atoms with van der Waals surface area (Å²) in [6.45, 7) is 1.61. The summed E-state index contributed by atoms with van der Waals surface area (Å²) in [7, 11) is 0. The number of amides is 1. The molecule has 0 radical (unpaired) electrons. The van der Waals surface area contributed by atoms with Gasteiger partial charge in [-0.1, -0.05) is 18.2 Å². The largest absolute Gasteiger partial charge is 0.492 e. The number of hydrogen-bond donors (Lipinski definition) is 2. The fraction of sp³-hybridized carbons (Fsp3) is 0.240. The minimum absolute atomic E-state index is 0.0881. The molecule has 2 aromatic carbocycles. The van der Waals surface area contributed by atoms with Crippen molar-refractivity contribution >= 4 is 28.6 Å². The van der Waals surface area contributed by atoms with Gasteiger partial charge in [0.2, 0.25) is 11.2 Å². The molecule has 1 amide bonds. The number of nitrogens with two attached hydrogens (primary N) is 1. The summed E-state index contributed by atoms with van der Waals surface area (Å²) in [6.07, 6.45) is 3.36. The highest BCUT2D eigenvalue weighted by atomic mass is 32.2. The van der Waals surface area contributed by atoms with Crippen LogP contribution in [0, 0.1) is 11.7 Å². The number of carbonyl (C=O) groups is 1. The second-order valence-electron chi connectivity index (χ2n) is 8.52. The van der Waals surface area contributed by atoms with Crippen LogP contribution < -0.4 is 15.2 Å². The van der Waals surface area contributed by atoms with Crippen molar-refractivity contribution in [3.63, 3.8) is 0 Å². The van der Waals surface area contributed by atoms with Crippen LogP contribution in [0.3, 0.4) is 0 Å². The van der Waals surface area contributed by atoms with E-state index in [1.807, 2.05) is 4.90 Å². The molecule has 180 valence electrons. The SMILES string of the molecule is NC1=NS(=O)Nc2cccc(OCC3CCCN(C(=O)c4ccnc(-c5cccc(F)c5)c4)C3)c21. The molecule has 3 aromatic rings. The minimum Gasteiger partial charge on any atom is -0.492 e. The minimum atomic E-state index is -1.60. The number of aromatic nitrogens is 1. The molecule has 0 aliphatic carbocycles. The highest BCUT2D eigenvalue weighted by molar-refractivity contribution is 7.85. The first-order valence-electron chi connectivity index (χ1n) is 11.3. The topological polar surface area (TPSA) is 110 Å². The lowest BCUT2D eigenvalue weighted by Gasteiger charge is -2.33. The number of amidine groups is 1. The predicted octanol–water partition coefficient (Wildman–Crippen LogP) is 3.53. The van der Waals surface area contributed by atoms with Gasteiger partial charge in [0, 0.05) is 36.3 Å². The van der Waals surface area contributed by atoms with Crippen LogP contribution in [0.5, 0.6) is 5.75 Å². The smallest absolute Gasteiger partial charge is 0.253 e. The fourth-order valence-corrected chi connectivity index (χ4v) is 5.07. The molecule has 0 saturated carbocycles. The third-order valence-electron chi connectivity index (χ3n) is 6.07. The normalized spacial score (nSPS) is 19.3. The van der Waals surface area contributed by atoms with Gasteiger partial charge in [-0.3, -0.25) is 14.5 Å². The molecule has 2 unspecified atom stereocenters. The quantitative estimate of drug-likeness (QED) is 0.565. The van der Waals surface area contributed by atoms with Crippen molar-refractivity contribution in [2.24, 2.45) is 16.0 Å². The molecular weight excluding hydrogens is 469 g/mol. The number of carbonyl (C=O) groups excluding carboxylic acids is 1. The molecular formula is C25H24FN5O3S. The molecule has 0 bridgehead atoms. The van der Waals surface area contributed by atoms with Gasteiger partial charge in [0.25, 0.3) is 5.91 Å². The maximum Gasteiger partial charge on any atom is 0.253 e. The van der Waals surface area contributed by atoms with Crippen molar-refractivity contribution in [2.75, 3.05) is 24.4 Å². The first-order valence-corrected chi connectivity index (χ1v) is 12.4. The number of halogens is 1. The van der Waals surface area contributed by atoms with Gasteiger partial charge in [-0.2, -0.15) is 4.40 Å². The number of pyridine rings is 1. The summed E-state index contributed by atoms with van der Waals surface area (Å²) in [6, 6.07) is 14.9. The van der Waals surface area contributed by atoms with Crippen LogP contribution in [0.4, 0.5) is 10.1 Å². The van der Waals surface area contributed by atoms with Crippen LogP contribution >= 0.6 is 0 Å². The highest BCUT2D eigenvalue weighted by Gasteiger charge is 2.26. The molecule has 2 atom stereocenters. The lowest BCUT2D eigenvalue weighted by atomic mass is 9.98. The Kier molecular flexibility index (Phi) is 6.45. The van der Waals surface area contributed by atoms with E-state index in [1.165, 1.54) is 12.1 Å². The molecule has 5 rings (SSSR count). The van der Waals surface area contributed by atoms with Crippen LogP contribution in [0.15, 0.2) is 65.2 Å². The number of anilines is 1. The molecule has 8 nitrogen and oxygen atoms in total. The summed E-state index contributed by atoms with van der Waals surface area (Å²) in [5.41, 5.74) is 8.89. The van der Waals surface area contributed by atoms with Crippen LogP contribution in [0.1, 0.15) is 28.8 Å². The Balaban J connectivity index is 1.27. The summed E-state index contributed by atoms with van der Waals surface area (Å²) in [5, 5.41) is 0. The first-order chi connectivity index (χ1) is 17.0. The fourth-order valence-electron chi connectivity index (χ4n) is 4.40. The Morgan fingerprint density at radius 3 is 2.94 bits per heavy atom. The van der Waals surface area contributed by atoms with Gasteiger partial charge in [-0.25, -0.2) is 8.60 Å². The van der Waals surface area contributed by atoms with Crippen LogP contribution in [-0.4, -0.2) is 45.5 Å². The van der Waals surface area contributed by atoms with Crippen molar-refractivity contribution in [3.8, 4) is 17.0 Å². The van der Waals surface area contributed by atoms with Crippen molar-refractivity contribution in [1.29, 1.82) is 0 Å². The van der Waals surface area contributed by atoms with E-state index in [0.29, 0.717) is 53.5 Å². The predicted molar refractivity (Wildman–Crippen MR) is 133 cm³/mol. The second-order valence-corrected chi connectivity index (χ2v) is 9.40. The van der Waals surface area contributed by atoms with E-state index in [-0.39, 0.29) is 23.5 Å². The average molecular weight is 494 g/mol. The van der Waals surface area contributed by atoms with E-state index in [0.717, 1.165) is 12.8 Å². The number of piperidine rings is 1. The zero-order chi connectivity index (χ0) is 24.4. The summed E-state index contributed by atoms with van der Waals surface area (Å²) in [4.78, 5) is 19.4. The monoisotopic (exact) mass is 493 g/mol. The molecule has 2 aliphatic rings. The Bertz CT molecular complexity index is 1330. The number of nitrogens with zero attached hydrogens (tertiary/aromatic N) is 3. The van der Waals surface area contributed by atoms with Gasteiger partial charge in [0.05, 0.1) is 23.6 Å². The molecule has 1 aromatic heterocycles. The summed E-state index contributed by atoms with van der Waals surface area (Å²) >= 11 is -1.60. The third-order valence-corrected chi connectivity index (χ3v) is 6.83. The second kappa shape index (κ2) is 9.83. The molecule has 35 heavy (non-hydrogen) atoms. The van der Waals surface area contributed by atoms with Crippen molar-refractivity contribution in [1.82, 2.24) is 9.88 Å². The maximum absolute atomic E-state index is 13.6. The van der Waals surface area contributed by atoms with E-state index in [2.05, 4.69) is 14.1 Å². The van der Waals surface area contributed by atoms with Crippen molar-refractivity contribution in [2.45, 2.75) is 12.8 Å². The Morgan fingerprint density at radius 2 is 2.09 bits per heavy atom. The van der Waals surface area contributed by atoms with Gasteiger partial charge in [0.15, 0.2) is 0 Å². The number of ether oxygens (including phenoxy) is 1. The van der Waals surface area contributed by atoms with E-state index in [4.69, 9.17) is 10.5 Å². The van der Waals surface area contributed by atoms with Crippen LogP contribution in [0.2, 0.25) is 0 Å². The highest BCUT2D eigenvalue weighted by Crippen LogP contribution is 2.30. The van der Waals surface area contributed by atoms with Crippen molar-refractivity contribution in [3.05, 3.63) is 77.7 Å². The summed E-state index contributed by atoms with van der Waals surface area (Å²) in [5.74, 6) is 0.425. The lowest BCUT2D eigenvalue weighted by Crippen LogP contribution is -2.41. The molecule has 0 spiro atoms. The Hall–Kier alpha value is -3.79. The zero-order valence-corrected chi connectivity index (χ0v) is 19.6. The van der Waals surface area contributed by atoms with Gasteiger partial charge >= 0.3 is 0 Å². The Morgan fingerprint density at radius 1 is 1.23 bits per heavy atom. The molecule has 1 fully saturated rings. The van der Waals surface area contributed by atoms with E-state index in [9.17, 15) is 13.4 Å². The first kappa shape index (κ1) is 23.0. The maximum atomic E-state index is 13.6. The van der Waals surface area contributed by atoms with Gasteiger partial charge in [-0.15, -0.1) is 0 Å². The number of hydrogen-bond acceptors (Lipinski definition) is 5. The van der Waals surface area contributed by atoms with Gasteiger partial charge in [0.1, 0.15) is 17.4 Å². The summed E-state index contributed by atoms with van der Waals surface area (Å²) < 4.78 is 38.1. The molecule has 10 heteroatoms. The standard InChI is InChI=1S/C25H24FN5O3S/c26-19-6-1-5-17(12-19)21-13-18(9-10-28-21)25(32)31-11-3-4-16(14-31)15-34-22-8-2-7-20-23(22)24(27)30-35(33)29-20/h1-2,5-10,12-13,16,29H,3-4,11,14-15H2,(H2,27,30). The number of fused-ring (bicyclic) bond motifs is 1.